The summed E-state index contributed by atoms with van der Waals surface area (Å²) in [5.74, 6) is 0.333. The molecule has 4 heterocycles. The highest BCUT2D eigenvalue weighted by Gasteiger charge is 2.48. The third kappa shape index (κ3) is 3.61. The number of nitrogens with zero attached hydrogens (tertiary/aromatic N) is 3. The zero-order valence-corrected chi connectivity index (χ0v) is 18.5. The van der Waals surface area contributed by atoms with Gasteiger partial charge in [0.15, 0.2) is 0 Å². The summed E-state index contributed by atoms with van der Waals surface area (Å²) in [6.45, 7) is 3.35. The van der Waals surface area contributed by atoms with Gasteiger partial charge in [-0.3, -0.25) is 14.7 Å². The van der Waals surface area contributed by atoms with E-state index >= 15 is 0 Å². The molecule has 8 heteroatoms. The molecule has 7 nitrogen and oxygen atoms in total. The quantitative estimate of drug-likeness (QED) is 0.761. The molecule has 2 unspecified atom stereocenters. The minimum Gasteiger partial charge on any atom is -0.391 e. The Hall–Kier alpha value is -2.12. The molecule has 3 aliphatic heterocycles. The van der Waals surface area contributed by atoms with Gasteiger partial charge < -0.3 is 14.9 Å². The van der Waals surface area contributed by atoms with Crippen LogP contribution in [-0.2, 0) is 16.0 Å². The summed E-state index contributed by atoms with van der Waals surface area (Å²) in [6, 6.07) is 5.35. The number of para-hydroxylation sites is 1. The molecule has 2 bridgehead atoms. The Bertz CT molecular complexity index is 1010. The number of amides is 2. The Balaban J connectivity index is 1.34. The molecule has 0 radical (unpaired) electrons. The lowest BCUT2D eigenvalue weighted by atomic mass is 9.71. The van der Waals surface area contributed by atoms with Crippen LogP contribution in [0.15, 0.2) is 18.2 Å². The Morgan fingerprint density at radius 1 is 1.26 bits per heavy atom. The van der Waals surface area contributed by atoms with Crippen LogP contribution in [0.2, 0.25) is 5.02 Å². The molecular weight excluding hydrogens is 416 g/mol. The molecule has 2 N–H and O–H groups in total. The minimum atomic E-state index is -0.461. The van der Waals surface area contributed by atoms with Gasteiger partial charge in [0.05, 0.1) is 35.2 Å². The van der Waals surface area contributed by atoms with Gasteiger partial charge in [-0.15, -0.1) is 0 Å². The third-order valence-corrected chi connectivity index (χ3v) is 7.89. The van der Waals surface area contributed by atoms with E-state index < -0.39 is 6.10 Å². The molecule has 6 rings (SSSR count). The first kappa shape index (κ1) is 20.8. The van der Waals surface area contributed by atoms with Crippen molar-refractivity contribution in [1.29, 1.82) is 0 Å². The van der Waals surface area contributed by atoms with Crippen molar-refractivity contribution < 1.29 is 14.7 Å². The second-order valence-corrected chi connectivity index (χ2v) is 9.80. The number of aliphatic hydroxyl groups excluding tert-OH is 1. The number of carbonyl (C=O) groups excluding carboxylic acids is 2. The van der Waals surface area contributed by atoms with E-state index in [1.54, 1.807) is 6.07 Å². The third-order valence-electron chi connectivity index (χ3n) is 7.59. The number of aromatic amines is 1. The monoisotopic (exact) mass is 444 g/mol. The Morgan fingerprint density at radius 2 is 2.10 bits per heavy atom. The van der Waals surface area contributed by atoms with Crippen LogP contribution in [0.1, 0.15) is 44.7 Å². The number of likely N-dealkylation sites (tertiary alicyclic amines) is 1. The van der Waals surface area contributed by atoms with Crippen LogP contribution in [0.4, 0.5) is 0 Å². The van der Waals surface area contributed by atoms with Crippen molar-refractivity contribution in [2.24, 2.45) is 11.8 Å². The molecule has 1 aromatic carbocycles. The summed E-state index contributed by atoms with van der Waals surface area (Å²) in [7, 11) is 0. The van der Waals surface area contributed by atoms with E-state index in [2.05, 4.69) is 10.2 Å². The average Bonchev–Trinajstić information content (AvgIpc) is 3.19. The van der Waals surface area contributed by atoms with Crippen molar-refractivity contribution in [3.05, 3.63) is 28.9 Å². The van der Waals surface area contributed by atoms with Gasteiger partial charge in [0.25, 0.3) is 0 Å². The molecule has 1 aromatic heterocycles. The topological polar surface area (TPSA) is 89.5 Å². The molecule has 2 amide bonds. The lowest BCUT2D eigenvalue weighted by Gasteiger charge is -2.51. The molecule has 4 fully saturated rings. The standard InChI is InChI=1S/C23H29ClN4O3/c1-13-20(29)6-3-9-27(13)23(31)16-10-14-7-8-19(16)28(12-14)21(30)11-18-15-4-2-5-17(24)22(15)26-25-18/h2,4-5,13-14,16,19-20,29H,3,6-12H2,1H3,(H,25,26)/t13?,14-,16-,19-,20?/m0/s1. The summed E-state index contributed by atoms with van der Waals surface area (Å²) < 4.78 is 0. The number of H-pyrrole nitrogens is 1. The Labute approximate surface area is 186 Å². The van der Waals surface area contributed by atoms with E-state index in [1.165, 1.54) is 0 Å². The van der Waals surface area contributed by atoms with Gasteiger partial charge in [-0.1, -0.05) is 23.7 Å². The van der Waals surface area contributed by atoms with Gasteiger partial charge in [-0.05, 0) is 51.0 Å². The number of nitrogens with one attached hydrogen (secondary N) is 1. The summed E-state index contributed by atoms with van der Waals surface area (Å²) in [6.07, 6.45) is 4.11. The summed E-state index contributed by atoms with van der Waals surface area (Å²) >= 11 is 6.22. The first-order valence-corrected chi connectivity index (χ1v) is 11.7. The first-order chi connectivity index (χ1) is 14.9. The highest BCUT2D eigenvalue weighted by Crippen LogP contribution is 2.41. The molecule has 4 aliphatic rings. The Kier molecular flexibility index (Phi) is 5.42. The average molecular weight is 445 g/mol. The predicted molar refractivity (Wildman–Crippen MR) is 118 cm³/mol. The Morgan fingerprint density at radius 3 is 2.90 bits per heavy atom. The molecule has 5 atom stereocenters. The van der Waals surface area contributed by atoms with Gasteiger partial charge in [0.2, 0.25) is 11.8 Å². The van der Waals surface area contributed by atoms with E-state index in [0.717, 1.165) is 49.7 Å². The molecule has 1 aliphatic carbocycles. The maximum absolute atomic E-state index is 13.4. The van der Waals surface area contributed by atoms with E-state index in [1.807, 2.05) is 28.9 Å². The molecule has 1 saturated carbocycles. The minimum absolute atomic E-state index is 0.0319. The number of hydrogen-bond donors (Lipinski definition) is 2. The van der Waals surface area contributed by atoms with Gasteiger partial charge >= 0.3 is 0 Å². The smallest absolute Gasteiger partial charge is 0.228 e. The highest BCUT2D eigenvalue weighted by atomic mass is 35.5. The zero-order chi connectivity index (χ0) is 21.7. The van der Waals surface area contributed by atoms with Crippen molar-refractivity contribution >= 4 is 34.3 Å². The first-order valence-electron chi connectivity index (χ1n) is 11.3. The maximum atomic E-state index is 13.4. The lowest BCUT2D eigenvalue weighted by molar-refractivity contribution is -0.155. The van der Waals surface area contributed by atoms with Crippen LogP contribution in [0.25, 0.3) is 10.9 Å². The second kappa shape index (κ2) is 8.10. The fraction of sp³-hybridized carbons (Fsp3) is 0.609. The molecule has 0 spiro atoms. The van der Waals surface area contributed by atoms with Crippen molar-refractivity contribution in [3.63, 3.8) is 0 Å². The summed E-state index contributed by atoms with van der Waals surface area (Å²) in [5, 5.41) is 18.9. The van der Waals surface area contributed by atoms with Crippen LogP contribution in [0, 0.1) is 11.8 Å². The van der Waals surface area contributed by atoms with E-state index in [9.17, 15) is 14.7 Å². The van der Waals surface area contributed by atoms with Crippen LogP contribution in [-0.4, -0.2) is 68.2 Å². The van der Waals surface area contributed by atoms with E-state index in [0.29, 0.717) is 23.0 Å². The van der Waals surface area contributed by atoms with Crippen molar-refractivity contribution in [2.75, 3.05) is 13.1 Å². The maximum Gasteiger partial charge on any atom is 0.228 e. The number of rotatable bonds is 3. The molecule has 31 heavy (non-hydrogen) atoms. The summed E-state index contributed by atoms with van der Waals surface area (Å²) in [4.78, 5) is 30.6. The zero-order valence-electron chi connectivity index (χ0n) is 17.8. The van der Waals surface area contributed by atoms with Gasteiger partial charge in [-0.25, -0.2) is 0 Å². The second-order valence-electron chi connectivity index (χ2n) is 9.40. The largest absolute Gasteiger partial charge is 0.391 e. The normalized spacial score (nSPS) is 30.7. The van der Waals surface area contributed by atoms with Gasteiger partial charge in [0, 0.05) is 24.5 Å². The van der Waals surface area contributed by atoms with E-state index in [4.69, 9.17) is 11.6 Å². The fourth-order valence-corrected chi connectivity index (χ4v) is 6.05. The number of carbonyl (C=O) groups is 2. The number of aliphatic hydroxyl groups is 1. The molecule has 2 aromatic rings. The number of aromatic nitrogens is 2. The van der Waals surface area contributed by atoms with Gasteiger partial charge in [0.1, 0.15) is 5.52 Å². The fourth-order valence-electron chi connectivity index (χ4n) is 5.84. The van der Waals surface area contributed by atoms with Gasteiger partial charge in [-0.2, -0.15) is 5.10 Å². The van der Waals surface area contributed by atoms with Crippen molar-refractivity contribution in [1.82, 2.24) is 20.0 Å². The molecular formula is C23H29ClN4O3. The molecule has 3 saturated heterocycles. The van der Waals surface area contributed by atoms with Crippen LogP contribution in [0.3, 0.4) is 0 Å². The van der Waals surface area contributed by atoms with Crippen LogP contribution in [0.5, 0.6) is 0 Å². The predicted octanol–water partition coefficient (Wildman–Crippen LogP) is 2.76. The number of fused-ring (bicyclic) bond motifs is 4. The SMILES string of the molecule is CC1C(O)CCCN1C(=O)[C@H]1C[C@@H]2CC[C@@H]1N(C(=O)Cc1[nH]nc3c(Cl)cccc13)C2. The number of piperidine rings is 3. The van der Waals surface area contributed by atoms with Crippen molar-refractivity contribution in [2.45, 2.75) is 63.6 Å². The number of halogens is 1. The van der Waals surface area contributed by atoms with Crippen LogP contribution < -0.4 is 0 Å². The number of hydrogen-bond acceptors (Lipinski definition) is 4. The summed E-state index contributed by atoms with van der Waals surface area (Å²) in [5.41, 5.74) is 1.44. The molecule has 166 valence electrons. The lowest BCUT2D eigenvalue weighted by Crippen LogP contribution is -2.61. The van der Waals surface area contributed by atoms with Crippen LogP contribution >= 0.6 is 11.6 Å². The van der Waals surface area contributed by atoms with Crippen molar-refractivity contribution in [3.8, 4) is 0 Å². The van der Waals surface area contributed by atoms with E-state index in [-0.39, 0.29) is 36.2 Å². The number of benzene rings is 1. The highest BCUT2D eigenvalue weighted by molar-refractivity contribution is 6.35.